The lowest BCUT2D eigenvalue weighted by Gasteiger charge is -2.12. The highest BCUT2D eigenvalue weighted by Crippen LogP contribution is 2.34. The number of anilines is 1. The zero-order chi connectivity index (χ0) is 10.9. The van der Waals surface area contributed by atoms with E-state index in [1.807, 2.05) is 13.8 Å². The van der Waals surface area contributed by atoms with E-state index in [2.05, 4.69) is 5.32 Å². The first-order valence-electron chi connectivity index (χ1n) is 4.16. The van der Waals surface area contributed by atoms with Crippen molar-refractivity contribution in [2.24, 2.45) is 0 Å². The maximum Gasteiger partial charge on any atom is 0.221 e. The number of carbonyl (C=O) groups is 1. The molecule has 1 aromatic carbocycles. The molecule has 14 heavy (non-hydrogen) atoms. The number of aryl methyl sites for hydroxylation is 1. The maximum atomic E-state index is 10.9. The van der Waals surface area contributed by atoms with Crippen LogP contribution in [0.2, 0.25) is 10.0 Å². The summed E-state index contributed by atoms with van der Waals surface area (Å²) in [6, 6.07) is 1.79. The highest BCUT2D eigenvalue weighted by molar-refractivity contribution is 6.38. The van der Waals surface area contributed by atoms with Gasteiger partial charge in [0.1, 0.15) is 0 Å². The molecule has 1 amide bonds. The summed E-state index contributed by atoms with van der Waals surface area (Å²) >= 11 is 12.0. The van der Waals surface area contributed by atoms with Gasteiger partial charge in [-0.15, -0.1) is 0 Å². The second kappa shape index (κ2) is 4.20. The van der Waals surface area contributed by atoms with Crippen LogP contribution in [-0.2, 0) is 4.79 Å². The summed E-state index contributed by atoms with van der Waals surface area (Å²) in [5, 5.41) is 3.80. The summed E-state index contributed by atoms with van der Waals surface area (Å²) < 4.78 is 0. The number of hydrogen-bond acceptors (Lipinski definition) is 1. The summed E-state index contributed by atoms with van der Waals surface area (Å²) in [5.41, 5.74) is 2.28. The summed E-state index contributed by atoms with van der Waals surface area (Å²) in [6.45, 7) is 5.11. The van der Waals surface area contributed by atoms with Crippen LogP contribution in [0.3, 0.4) is 0 Å². The molecule has 0 saturated heterocycles. The molecule has 0 fully saturated rings. The SMILES string of the molecule is CC(=O)Nc1c(C)cc(Cl)c(C)c1Cl. The van der Waals surface area contributed by atoms with Crippen LogP contribution < -0.4 is 5.32 Å². The van der Waals surface area contributed by atoms with Crippen LogP contribution in [0.5, 0.6) is 0 Å². The fourth-order valence-electron chi connectivity index (χ4n) is 1.17. The number of amides is 1. The largest absolute Gasteiger partial charge is 0.325 e. The molecular weight excluding hydrogens is 221 g/mol. The number of carbonyl (C=O) groups excluding carboxylic acids is 1. The number of benzene rings is 1. The van der Waals surface area contributed by atoms with Gasteiger partial charge in [0, 0.05) is 11.9 Å². The summed E-state index contributed by atoms with van der Waals surface area (Å²) in [5.74, 6) is -0.142. The molecule has 1 aromatic rings. The highest BCUT2D eigenvalue weighted by atomic mass is 35.5. The quantitative estimate of drug-likeness (QED) is 0.787. The van der Waals surface area contributed by atoms with E-state index in [0.29, 0.717) is 15.7 Å². The van der Waals surface area contributed by atoms with Crippen LogP contribution in [0, 0.1) is 13.8 Å². The van der Waals surface area contributed by atoms with Gasteiger partial charge in [0.25, 0.3) is 0 Å². The first kappa shape index (κ1) is 11.3. The monoisotopic (exact) mass is 231 g/mol. The van der Waals surface area contributed by atoms with Crippen LogP contribution in [0.25, 0.3) is 0 Å². The predicted molar refractivity (Wildman–Crippen MR) is 60.2 cm³/mol. The molecule has 1 rings (SSSR count). The van der Waals surface area contributed by atoms with Gasteiger partial charge in [0.15, 0.2) is 0 Å². The number of halogens is 2. The molecule has 0 aliphatic carbocycles. The zero-order valence-electron chi connectivity index (χ0n) is 8.24. The van der Waals surface area contributed by atoms with Gasteiger partial charge < -0.3 is 5.32 Å². The number of hydrogen-bond donors (Lipinski definition) is 1. The van der Waals surface area contributed by atoms with Crippen molar-refractivity contribution >= 4 is 34.8 Å². The van der Waals surface area contributed by atoms with Gasteiger partial charge in [-0.25, -0.2) is 0 Å². The lowest BCUT2D eigenvalue weighted by Crippen LogP contribution is -2.08. The summed E-state index contributed by atoms with van der Waals surface area (Å²) in [4.78, 5) is 10.9. The minimum Gasteiger partial charge on any atom is -0.325 e. The van der Waals surface area contributed by atoms with E-state index >= 15 is 0 Å². The Hall–Kier alpha value is -0.730. The Kier molecular flexibility index (Phi) is 3.40. The Morgan fingerprint density at radius 3 is 2.43 bits per heavy atom. The van der Waals surface area contributed by atoms with Crippen LogP contribution in [0.15, 0.2) is 6.07 Å². The van der Waals surface area contributed by atoms with E-state index in [4.69, 9.17) is 23.2 Å². The first-order chi connectivity index (χ1) is 6.43. The van der Waals surface area contributed by atoms with Crippen molar-refractivity contribution in [3.8, 4) is 0 Å². The number of rotatable bonds is 1. The molecule has 2 nitrogen and oxygen atoms in total. The smallest absolute Gasteiger partial charge is 0.221 e. The van der Waals surface area contributed by atoms with Crippen LogP contribution in [-0.4, -0.2) is 5.91 Å². The summed E-state index contributed by atoms with van der Waals surface area (Å²) in [6.07, 6.45) is 0. The van der Waals surface area contributed by atoms with Gasteiger partial charge in [0.2, 0.25) is 5.91 Å². The van der Waals surface area contributed by atoms with E-state index in [0.717, 1.165) is 11.1 Å². The third-order valence-electron chi connectivity index (χ3n) is 1.95. The van der Waals surface area contributed by atoms with Crippen molar-refractivity contribution in [1.82, 2.24) is 0 Å². The molecule has 0 saturated carbocycles. The van der Waals surface area contributed by atoms with Gasteiger partial charge in [-0.05, 0) is 31.0 Å². The minimum atomic E-state index is -0.142. The van der Waals surface area contributed by atoms with Crippen molar-refractivity contribution < 1.29 is 4.79 Å². The van der Waals surface area contributed by atoms with Crippen molar-refractivity contribution in [2.75, 3.05) is 5.32 Å². The zero-order valence-corrected chi connectivity index (χ0v) is 9.75. The van der Waals surface area contributed by atoms with Gasteiger partial charge in [0.05, 0.1) is 10.7 Å². The third kappa shape index (κ3) is 2.20. The molecule has 0 radical (unpaired) electrons. The Morgan fingerprint density at radius 1 is 1.36 bits per heavy atom. The standard InChI is InChI=1S/C10H11Cl2NO/c1-5-4-8(11)6(2)9(12)10(5)13-7(3)14/h4H,1-3H3,(H,13,14). The fraction of sp³-hybridized carbons (Fsp3) is 0.300. The maximum absolute atomic E-state index is 10.9. The lowest BCUT2D eigenvalue weighted by molar-refractivity contribution is -0.114. The van der Waals surface area contributed by atoms with Crippen molar-refractivity contribution in [3.05, 3.63) is 27.2 Å². The van der Waals surface area contributed by atoms with Crippen molar-refractivity contribution in [2.45, 2.75) is 20.8 Å². The van der Waals surface area contributed by atoms with E-state index < -0.39 is 0 Å². The second-order valence-electron chi connectivity index (χ2n) is 3.17. The molecule has 4 heteroatoms. The van der Waals surface area contributed by atoms with Crippen LogP contribution >= 0.6 is 23.2 Å². The normalized spacial score (nSPS) is 10.1. The minimum absolute atomic E-state index is 0.142. The Bertz CT molecular complexity index is 388. The van der Waals surface area contributed by atoms with Crippen LogP contribution in [0.1, 0.15) is 18.1 Å². The van der Waals surface area contributed by atoms with Gasteiger partial charge in [-0.2, -0.15) is 0 Å². The molecule has 0 unspecified atom stereocenters. The molecule has 0 spiro atoms. The van der Waals surface area contributed by atoms with Crippen molar-refractivity contribution in [3.63, 3.8) is 0 Å². The fourth-order valence-corrected chi connectivity index (χ4v) is 1.77. The van der Waals surface area contributed by atoms with Crippen molar-refractivity contribution in [1.29, 1.82) is 0 Å². The first-order valence-corrected chi connectivity index (χ1v) is 4.92. The molecule has 0 bridgehead atoms. The predicted octanol–water partition coefficient (Wildman–Crippen LogP) is 3.57. The molecule has 1 N–H and O–H groups in total. The average molecular weight is 232 g/mol. The van der Waals surface area contributed by atoms with E-state index in [1.165, 1.54) is 6.92 Å². The second-order valence-corrected chi connectivity index (χ2v) is 3.96. The van der Waals surface area contributed by atoms with Gasteiger partial charge in [-0.3, -0.25) is 4.79 Å². The Balaban J connectivity index is 3.29. The topological polar surface area (TPSA) is 29.1 Å². The molecule has 0 aliphatic heterocycles. The van der Waals surface area contributed by atoms with Crippen LogP contribution in [0.4, 0.5) is 5.69 Å². The molecular formula is C10H11Cl2NO. The molecule has 0 atom stereocenters. The lowest BCUT2D eigenvalue weighted by atomic mass is 10.1. The molecule has 0 heterocycles. The highest BCUT2D eigenvalue weighted by Gasteiger charge is 2.11. The van der Waals surface area contributed by atoms with Gasteiger partial charge in [-0.1, -0.05) is 23.2 Å². The molecule has 0 aliphatic rings. The average Bonchev–Trinajstić information content (AvgIpc) is 2.09. The third-order valence-corrected chi connectivity index (χ3v) is 2.81. The molecule has 76 valence electrons. The van der Waals surface area contributed by atoms with Gasteiger partial charge >= 0.3 is 0 Å². The van der Waals surface area contributed by atoms with E-state index in [9.17, 15) is 4.79 Å². The number of nitrogens with one attached hydrogen (secondary N) is 1. The summed E-state index contributed by atoms with van der Waals surface area (Å²) in [7, 11) is 0. The Morgan fingerprint density at radius 2 is 1.93 bits per heavy atom. The van der Waals surface area contributed by atoms with E-state index in [1.54, 1.807) is 6.07 Å². The van der Waals surface area contributed by atoms with E-state index in [-0.39, 0.29) is 5.91 Å². The Labute approximate surface area is 93.2 Å². The molecule has 0 aromatic heterocycles.